The van der Waals surface area contributed by atoms with Crippen LogP contribution in [0, 0.1) is 6.92 Å². The fraction of sp³-hybridized carbons (Fsp3) is 0.474. The Bertz CT molecular complexity index is 796. The van der Waals surface area contributed by atoms with Crippen LogP contribution in [0.3, 0.4) is 0 Å². The second kappa shape index (κ2) is 8.67. The van der Waals surface area contributed by atoms with E-state index in [0.717, 1.165) is 29.5 Å². The quantitative estimate of drug-likeness (QED) is 0.585. The molecule has 0 atom stereocenters. The maximum absolute atomic E-state index is 12.0. The Kier molecular flexibility index (Phi) is 6.58. The van der Waals surface area contributed by atoms with Crippen molar-refractivity contribution in [2.24, 2.45) is 0 Å². The van der Waals surface area contributed by atoms with E-state index >= 15 is 0 Å². The number of benzene rings is 1. The molecule has 0 bridgehead atoms. The summed E-state index contributed by atoms with van der Waals surface area (Å²) in [6, 6.07) is 5.15. The van der Waals surface area contributed by atoms with Crippen LogP contribution in [0.25, 0.3) is 11.0 Å². The maximum atomic E-state index is 12.0. The number of hydrogen-bond donors (Lipinski definition) is 1. The monoisotopic (exact) mass is 346 g/mol. The number of rotatable bonds is 8. The molecule has 1 amide bonds. The number of amides is 1. The number of fused-ring (bicyclic) bond motifs is 1. The summed E-state index contributed by atoms with van der Waals surface area (Å²) in [5.74, 6) is 0.405. The van der Waals surface area contributed by atoms with Gasteiger partial charge < -0.3 is 19.4 Å². The topological polar surface area (TPSA) is 71.8 Å². The number of nitrogens with zero attached hydrogens (tertiary/aromatic N) is 1. The Hall–Kier alpha value is -2.34. The number of ether oxygens (including phenoxy) is 1. The smallest absolute Gasteiger partial charge is 0.336 e. The predicted molar refractivity (Wildman–Crippen MR) is 98.3 cm³/mol. The van der Waals surface area contributed by atoms with Crippen LogP contribution < -0.4 is 15.7 Å². The Balaban J connectivity index is 2.10. The first-order chi connectivity index (χ1) is 11.9. The lowest BCUT2D eigenvalue weighted by Crippen LogP contribution is -2.31. The number of carbonyl (C=O) groups is 1. The van der Waals surface area contributed by atoms with Gasteiger partial charge in [-0.15, -0.1) is 0 Å². The summed E-state index contributed by atoms with van der Waals surface area (Å²) in [7, 11) is 3.99. The fourth-order valence-corrected chi connectivity index (χ4v) is 2.68. The van der Waals surface area contributed by atoms with Crippen molar-refractivity contribution in [1.29, 1.82) is 0 Å². The molecule has 6 heteroatoms. The van der Waals surface area contributed by atoms with E-state index < -0.39 is 0 Å². The third kappa shape index (κ3) is 5.32. The molecule has 1 aromatic carbocycles. The van der Waals surface area contributed by atoms with Gasteiger partial charge in [-0.1, -0.05) is 6.92 Å². The average Bonchev–Trinajstić information content (AvgIpc) is 2.55. The number of aryl methyl sites for hydroxylation is 2. The molecule has 0 saturated heterocycles. The van der Waals surface area contributed by atoms with Gasteiger partial charge in [0.25, 0.3) is 5.91 Å². The van der Waals surface area contributed by atoms with E-state index in [-0.39, 0.29) is 18.1 Å². The summed E-state index contributed by atoms with van der Waals surface area (Å²) in [4.78, 5) is 25.7. The van der Waals surface area contributed by atoms with Crippen LogP contribution in [0.4, 0.5) is 0 Å². The zero-order valence-corrected chi connectivity index (χ0v) is 15.3. The molecule has 0 spiro atoms. The van der Waals surface area contributed by atoms with Crippen molar-refractivity contribution in [2.75, 3.05) is 33.8 Å². The minimum atomic E-state index is -0.375. The van der Waals surface area contributed by atoms with Crippen molar-refractivity contribution in [3.8, 4) is 5.75 Å². The Morgan fingerprint density at radius 3 is 2.72 bits per heavy atom. The van der Waals surface area contributed by atoms with Gasteiger partial charge >= 0.3 is 5.63 Å². The van der Waals surface area contributed by atoms with Gasteiger partial charge in [-0.3, -0.25) is 4.79 Å². The highest BCUT2D eigenvalue weighted by molar-refractivity contribution is 5.88. The molecular weight excluding hydrogens is 320 g/mol. The molecule has 2 rings (SSSR count). The van der Waals surface area contributed by atoms with Gasteiger partial charge in [0.1, 0.15) is 11.3 Å². The summed E-state index contributed by atoms with van der Waals surface area (Å²) in [6.07, 6.45) is 1.56. The molecule has 25 heavy (non-hydrogen) atoms. The molecule has 0 aliphatic heterocycles. The summed E-state index contributed by atoms with van der Waals surface area (Å²) >= 11 is 0. The fourth-order valence-electron chi connectivity index (χ4n) is 2.68. The van der Waals surface area contributed by atoms with Gasteiger partial charge in [-0.2, -0.15) is 0 Å². The van der Waals surface area contributed by atoms with Gasteiger partial charge in [0.05, 0.1) is 5.39 Å². The van der Waals surface area contributed by atoms with Crippen LogP contribution in [0.1, 0.15) is 24.5 Å². The zero-order chi connectivity index (χ0) is 18.4. The normalized spacial score (nSPS) is 11.1. The van der Waals surface area contributed by atoms with Gasteiger partial charge in [-0.05, 0) is 63.7 Å². The molecule has 0 saturated carbocycles. The minimum absolute atomic E-state index is 0.0667. The summed E-state index contributed by atoms with van der Waals surface area (Å²) < 4.78 is 11.0. The molecule has 1 heterocycles. The Labute approximate surface area is 147 Å². The highest BCUT2D eigenvalue weighted by Gasteiger charge is 2.13. The van der Waals surface area contributed by atoms with Crippen LogP contribution in [0.2, 0.25) is 0 Å². The average molecular weight is 346 g/mol. The van der Waals surface area contributed by atoms with E-state index in [0.29, 0.717) is 24.3 Å². The molecule has 6 nitrogen and oxygen atoms in total. The predicted octanol–water partition coefficient (Wildman–Crippen LogP) is 2.11. The number of hydrogen-bond acceptors (Lipinski definition) is 5. The van der Waals surface area contributed by atoms with Gasteiger partial charge in [0.2, 0.25) is 0 Å². The van der Waals surface area contributed by atoms with E-state index in [9.17, 15) is 9.59 Å². The van der Waals surface area contributed by atoms with Crippen LogP contribution in [0.15, 0.2) is 27.4 Å². The largest absolute Gasteiger partial charge is 0.483 e. The first-order valence-corrected chi connectivity index (χ1v) is 8.52. The summed E-state index contributed by atoms with van der Waals surface area (Å²) in [5.41, 5.74) is 1.88. The summed E-state index contributed by atoms with van der Waals surface area (Å²) in [6.45, 7) is 5.33. The lowest BCUT2D eigenvalue weighted by Gasteiger charge is -2.13. The molecular formula is C19H26N2O4. The molecule has 0 aliphatic carbocycles. The van der Waals surface area contributed by atoms with Crippen molar-refractivity contribution in [3.05, 3.63) is 39.7 Å². The third-order valence-corrected chi connectivity index (χ3v) is 3.88. The maximum Gasteiger partial charge on any atom is 0.336 e. The lowest BCUT2D eigenvalue weighted by atomic mass is 10.1. The minimum Gasteiger partial charge on any atom is -0.483 e. The van der Waals surface area contributed by atoms with Crippen molar-refractivity contribution < 1.29 is 13.9 Å². The van der Waals surface area contributed by atoms with Crippen LogP contribution in [-0.2, 0) is 11.2 Å². The van der Waals surface area contributed by atoms with E-state index in [1.165, 1.54) is 6.07 Å². The molecule has 2 aromatic rings. The highest BCUT2D eigenvalue weighted by Crippen LogP contribution is 2.30. The lowest BCUT2D eigenvalue weighted by molar-refractivity contribution is -0.123. The van der Waals surface area contributed by atoms with E-state index in [1.54, 1.807) is 0 Å². The van der Waals surface area contributed by atoms with E-state index in [4.69, 9.17) is 9.15 Å². The highest BCUT2D eigenvalue weighted by atomic mass is 16.5. The van der Waals surface area contributed by atoms with Crippen molar-refractivity contribution in [2.45, 2.75) is 26.7 Å². The molecule has 0 aliphatic rings. The number of carbonyl (C=O) groups excluding carboxylic acids is 1. The van der Waals surface area contributed by atoms with Gasteiger partial charge in [0.15, 0.2) is 6.61 Å². The van der Waals surface area contributed by atoms with Crippen molar-refractivity contribution in [1.82, 2.24) is 10.2 Å². The Morgan fingerprint density at radius 2 is 2.04 bits per heavy atom. The zero-order valence-electron chi connectivity index (χ0n) is 15.3. The standard InChI is InChI=1S/C19H26N2O4/c1-5-14-11-18(23)25-16-10-13(2)9-15(19(14)16)24-12-17(22)20-7-6-8-21(3)4/h9-11H,5-8,12H2,1-4H3,(H,20,22). The second-order valence-electron chi connectivity index (χ2n) is 6.38. The van der Waals surface area contributed by atoms with E-state index in [1.807, 2.05) is 40.1 Å². The van der Waals surface area contributed by atoms with E-state index in [2.05, 4.69) is 10.2 Å². The number of nitrogens with one attached hydrogen (secondary N) is 1. The molecule has 0 unspecified atom stereocenters. The first kappa shape index (κ1) is 19.0. The molecule has 136 valence electrons. The van der Waals surface area contributed by atoms with Crippen LogP contribution >= 0.6 is 0 Å². The van der Waals surface area contributed by atoms with Crippen molar-refractivity contribution >= 4 is 16.9 Å². The molecule has 0 fully saturated rings. The Morgan fingerprint density at radius 1 is 1.28 bits per heavy atom. The molecule has 1 N–H and O–H groups in total. The molecule has 1 aromatic heterocycles. The van der Waals surface area contributed by atoms with Crippen molar-refractivity contribution in [3.63, 3.8) is 0 Å². The third-order valence-electron chi connectivity index (χ3n) is 3.88. The van der Waals surface area contributed by atoms with Crippen LogP contribution in [-0.4, -0.2) is 44.6 Å². The first-order valence-electron chi connectivity index (χ1n) is 8.52. The van der Waals surface area contributed by atoms with Gasteiger partial charge in [0, 0.05) is 12.6 Å². The van der Waals surface area contributed by atoms with Crippen LogP contribution in [0.5, 0.6) is 5.75 Å². The summed E-state index contributed by atoms with van der Waals surface area (Å²) in [5, 5.41) is 3.60. The molecule has 0 radical (unpaired) electrons. The SMILES string of the molecule is CCc1cc(=O)oc2cc(C)cc(OCC(=O)NCCCN(C)C)c12. The van der Waals surface area contributed by atoms with Gasteiger partial charge in [-0.25, -0.2) is 4.79 Å². The second-order valence-corrected chi connectivity index (χ2v) is 6.38.